The van der Waals surface area contributed by atoms with Gasteiger partial charge in [-0.25, -0.2) is 4.98 Å². The molecule has 2 nitrogen and oxygen atoms in total. The van der Waals surface area contributed by atoms with Crippen LogP contribution < -0.4 is 4.90 Å². The molecule has 2 heterocycles. The van der Waals surface area contributed by atoms with Gasteiger partial charge in [0.05, 0.1) is 9.50 Å². The highest BCUT2D eigenvalue weighted by atomic mass is 79.9. The van der Waals surface area contributed by atoms with E-state index in [1.54, 1.807) is 6.20 Å². The second-order valence-corrected chi connectivity index (χ2v) is 6.01. The molecule has 0 bridgehead atoms. The Labute approximate surface area is 118 Å². The first kappa shape index (κ1) is 12.7. The first-order valence-electron chi connectivity index (χ1n) is 5.32. The van der Waals surface area contributed by atoms with Crippen LogP contribution in [-0.2, 0) is 0 Å². The van der Waals surface area contributed by atoms with Crippen molar-refractivity contribution in [2.75, 3.05) is 23.3 Å². The number of piperidine rings is 1. The molecule has 0 amide bonds. The highest BCUT2D eigenvalue weighted by Crippen LogP contribution is 2.30. The Balaban J connectivity index is 2.16. The van der Waals surface area contributed by atoms with Gasteiger partial charge in [0.25, 0.3) is 0 Å². The molecule has 1 fully saturated rings. The fraction of sp³-hybridized carbons (Fsp3) is 0.545. The SMILES string of the molecule is Clc1cnc(N2CCCC(CBr)C2)c(Br)c1. The zero-order valence-corrected chi connectivity index (χ0v) is 12.7. The third kappa shape index (κ3) is 2.90. The van der Waals surface area contributed by atoms with E-state index in [2.05, 4.69) is 41.7 Å². The van der Waals surface area contributed by atoms with Crippen molar-refractivity contribution in [3.8, 4) is 0 Å². The predicted octanol–water partition coefficient (Wildman–Crippen LogP) is 4.11. The normalized spacial score (nSPS) is 21.2. The van der Waals surface area contributed by atoms with Gasteiger partial charge in [-0.15, -0.1) is 0 Å². The van der Waals surface area contributed by atoms with E-state index < -0.39 is 0 Å². The number of nitrogens with zero attached hydrogens (tertiary/aromatic N) is 2. The van der Waals surface area contributed by atoms with E-state index in [0.717, 1.165) is 34.6 Å². The second kappa shape index (κ2) is 5.69. The van der Waals surface area contributed by atoms with Gasteiger partial charge in [-0.3, -0.25) is 0 Å². The zero-order valence-electron chi connectivity index (χ0n) is 8.80. The molecular weight excluding hydrogens is 355 g/mol. The number of alkyl halides is 1. The Bertz CT molecular complexity index is 373. The van der Waals surface area contributed by atoms with Gasteiger partial charge in [0.15, 0.2) is 0 Å². The Morgan fingerprint density at radius 3 is 3.06 bits per heavy atom. The molecule has 0 aliphatic carbocycles. The number of pyridine rings is 1. The predicted molar refractivity (Wildman–Crippen MR) is 75.7 cm³/mol. The van der Waals surface area contributed by atoms with Gasteiger partial charge < -0.3 is 4.90 Å². The van der Waals surface area contributed by atoms with Gasteiger partial charge >= 0.3 is 0 Å². The van der Waals surface area contributed by atoms with Crippen molar-refractivity contribution in [1.29, 1.82) is 0 Å². The van der Waals surface area contributed by atoms with Crippen molar-refractivity contribution < 1.29 is 0 Å². The second-order valence-electron chi connectivity index (χ2n) is 4.07. The topological polar surface area (TPSA) is 16.1 Å². The van der Waals surface area contributed by atoms with Gasteiger partial charge in [-0.2, -0.15) is 0 Å². The monoisotopic (exact) mass is 366 g/mol. The standard InChI is InChI=1S/C11H13Br2ClN2/c12-5-8-2-1-3-16(7-8)11-10(13)4-9(14)6-15-11/h4,6,8H,1-3,5,7H2. The molecule has 0 radical (unpaired) electrons. The molecule has 2 rings (SSSR count). The highest BCUT2D eigenvalue weighted by molar-refractivity contribution is 9.10. The number of rotatable bonds is 2. The van der Waals surface area contributed by atoms with Crippen LogP contribution in [0.1, 0.15) is 12.8 Å². The van der Waals surface area contributed by atoms with Crippen LogP contribution in [0.4, 0.5) is 5.82 Å². The van der Waals surface area contributed by atoms with E-state index in [-0.39, 0.29) is 0 Å². The molecule has 0 saturated carbocycles. The molecule has 88 valence electrons. The van der Waals surface area contributed by atoms with Crippen molar-refractivity contribution in [2.24, 2.45) is 5.92 Å². The van der Waals surface area contributed by atoms with Gasteiger partial charge in [0.2, 0.25) is 0 Å². The summed E-state index contributed by atoms with van der Waals surface area (Å²) in [6, 6.07) is 1.90. The molecule has 1 aromatic rings. The van der Waals surface area contributed by atoms with E-state index in [9.17, 15) is 0 Å². The van der Waals surface area contributed by atoms with Crippen LogP contribution in [0.15, 0.2) is 16.7 Å². The lowest BCUT2D eigenvalue weighted by molar-refractivity contribution is 0.452. The summed E-state index contributed by atoms with van der Waals surface area (Å²) >= 11 is 13.0. The molecule has 1 aromatic heterocycles. The molecule has 16 heavy (non-hydrogen) atoms. The van der Waals surface area contributed by atoms with E-state index in [0.29, 0.717) is 5.02 Å². The third-order valence-corrected chi connectivity index (χ3v) is 4.53. The number of hydrogen-bond acceptors (Lipinski definition) is 2. The lowest BCUT2D eigenvalue weighted by Gasteiger charge is -2.33. The maximum Gasteiger partial charge on any atom is 0.142 e. The minimum absolute atomic E-state index is 0.671. The number of halogens is 3. The molecule has 0 aromatic carbocycles. The maximum absolute atomic E-state index is 5.89. The lowest BCUT2D eigenvalue weighted by atomic mass is 10.0. The first-order valence-corrected chi connectivity index (χ1v) is 7.62. The van der Waals surface area contributed by atoms with E-state index in [4.69, 9.17) is 11.6 Å². The molecule has 1 unspecified atom stereocenters. The number of anilines is 1. The summed E-state index contributed by atoms with van der Waals surface area (Å²) in [4.78, 5) is 6.73. The summed E-state index contributed by atoms with van der Waals surface area (Å²) < 4.78 is 0.982. The van der Waals surface area contributed by atoms with Crippen LogP contribution >= 0.6 is 43.5 Å². The van der Waals surface area contributed by atoms with Crippen molar-refractivity contribution in [3.05, 3.63) is 21.8 Å². The van der Waals surface area contributed by atoms with Crippen LogP contribution in [0.2, 0.25) is 5.02 Å². The maximum atomic E-state index is 5.89. The smallest absolute Gasteiger partial charge is 0.142 e. The first-order chi connectivity index (χ1) is 7.70. The van der Waals surface area contributed by atoms with Crippen LogP contribution in [0.3, 0.4) is 0 Å². The molecule has 5 heteroatoms. The van der Waals surface area contributed by atoms with Gasteiger partial charge in [0.1, 0.15) is 5.82 Å². The Hall–Kier alpha value is 0.200. The molecular formula is C11H13Br2ClN2. The minimum atomic E-state index is 0.671. The quantitative estimate of drug-likeness (QED) is 0.731. The molecule has 1 aliphatic heterocycles. The Morgan fingerprint density at radius 2 is 2.38 bits per heavy atom. The molecule has 0 N–H and O–H groups in total. The molecule has 1 aliphatic rings. The molecule has 1 atom stereocenters. The van der Waals surface area contributed by atoms with Gasteiger partial charge in [0, 0.05) is 24.6 Å². The van der Waals surface area contributed by atoms with E-state index >= 15 is 0 Å². The van der Waals surface area contributed by atoms with Crippen molar-refractivity contribution in [2.45, 2.75) is 12.8 Å². The average molecular weight is 368 g/mol. The van der Waals surface area contributed by atoms with Crippen LogP contribution in [-0.4, -0.2) is 23.4 Å². The fourth-order valence-corrected chi connectivity index (χ4v) is 3.44. The third-order valence-electron chi connectivity index (χ3n) is 2.83. The van der Waals surface area contributed by atoms with Crippen LogP contribution in [0, 0.1) is 5.92 Å². The number of hydrogen-bond donors (Lipinski definition) is 0. The van der Waals surface area contributed by atoms with Crippen molar-refractivity contribution in [1.82, 2.24) is 4.98 Å². The minimum Gasteiger partial charge on any atom is -0.355 e. The van der Waals surface area contributed by atoms with Crippen LogP contribution in [0.5, 0.6) is 0 Å². The molecule has 1 saturated heterocycles. The Morgan fingerprint density at radius 1 is 1.56 bits per heavy atom. The summed E-state index contributed by atoms with van der Waals surface area (Å²) in [7, 11) is 0. The Kier molecular flexibility index (Phi) is 4.50. The summed E-state index contributed by atoms with van der Waals surface area (Å²) in [5, 5.41) is 1.74. The summed E-state index contributed by atoms with van der Waals surface area (Å²) in [6.45, 7) is 2.15. The summed E-state index contributed by atoms with van der Waals surface area (Å²) in [6.07, 6.45) is 4.24. The fourth-order valence-electron chi connectivity index (χ4n) is 2.02. The van der Waals surface area contributed by atoms with Gasteiger partial charge in [-0.05, 0) is 40.8 Å². The van der Waals surface area contributed by atoms with E-state index in [1.807, 2.05) is 6.07 Å². The van der Waals surface area contributed by atoms with E-state index in [1.165, 1.54) is 12.8 Å². The molecule has 0 spiro atoms. The summed E-state index contributed by atoms with van der Waals surface area (Å²) in [5.41, 5.74) is 0. The average Bonchev–Trinajstić information content (AvgIpc) is 2.29. The summed E-state index contributed by atoms with van der Waals surface area (Å²) in [5.74, 6) is 1.73. The van der Waals surface area contributed by atoms with Crippen molar-refractivity contribution >= 4 is 49.3 Å². The van der Waals surface area contributed by atoms with Gasteiger partial charge in [-0.1, -0.05) is 27.5 Å². The largest absolute Gasteiger partial charge is 0.355 e. The number of aromatic nitrogens is 1. The van der Waals surface area contributed by atoms with Crippen LogP contribution in [0.25, 0.3) is 0 Å². The highest BCUT2D eigenvalue weighted by Gasteiger charge is 2.21. The lowest BCUT2D eigenvalue weighted by Crippen LogP contribution is -2.36. The zero-order chi connectivity index (χ0) is 11.5. The van der Waals surface area contributed by atoms with Crippen molar-refractivity contribution in [3.63, 3.8) is 0 Å².